The molecule has 3 N–H and O–H groups in total. The Hall–Kier alpha value is -4.18. The molecule has 12 heteroatoms. The van der Waals surface area contributed by atoms with Crippen LogP contribution in [0, 0.1) is 11.3 Å². The maximum absolute atomic E-state index is 12.5. The van der Waals surface area contributed by atoms with Gasteiger partial charge in [0, 0.05) is 32.6 Å². The molecule has 1 fully saturated rings. The van der Waals surface area contributed by atoms with Gasteiger partial charge in [0.25, 0.3) is 5.91 Å². The number of ether oxygens (including phenoxy) is 2. The van der Waals surface area contributed by atoms with E-state index < -0.39 is 29.7 Å². The zero-order chi connectivity index (χ0) is 30.3. The van der Waals surface area contributed by atoms with Crippen molar-refractivity contribution in [3.8, 4) is 17.2 Å². The number of hydrogen-bond donors (Lipinski definition) is 3. The predicted molar refractivity (Wildman–Crippen MR) is 155 cm³/mol. The number of amides is 2. The molecule has 4 rings (SSSR count). The highest BCUT2D eigenvalue weighted by Crippen LogP contribution is 2.25. The summed E-state index contributed by atoms with van der Waals surface area (Å²) in [4.78, 5) is 38.9. The van der Waals surface area contributed by atoms with Crippen LogP contribution in [0.15, 0.2) is 51.7 Å². The number of nitrogens with zero attached hydrogens (tertiary/aromatic N) is 3. The number of hydrogen-bond acceptors (Lipinski definition) is 9. The minimum absolute atomic E-state index is 0.219. The van der Waals surface area contributed by atoms with Crippen LogP contribution in [0.4, 0.5) is 4.79 Å². The van der Waals surface area contributed by atoms with Crippen molar-refractivity contribution in [3.63, 3.8) is 0 Å². The average Bonchev–Trinajstić information content (AvgIpc) is 3.28. The molecule has 2 atom stereocenters. The first kappa shape index (κ1) is 30.8. The largest absolute Gasteiger partial charge is 0.444 e. The van der Waals surface area contributed by atoms with Crippen molar-refractivity contribution in [3.05, 3.63) is 58.6 Å². The lowest BCUT2D eigenvalue weighted by Gasteiger charge is -2.26. The molecule has 224 valence electrons. The number of aliphatic hydroxyl groups is 1. The lowest BCUT2D eigenvalue weighted by Crippen LogP contribution is -2.47. The molecule has 1 saturated heterocycles. The molecule has 0 bridgehead atoms. The van der Waals surface area contributed by atoms with Crippen molar-refractivity contribution in [1.29, 1.82) is 5.26 Å². The lowest BCUT2D eigenvalue weighted by molar-refractivity contribution is -0.129. The normalized spacial score (nSPS) is 15.5. The topological polar surface area (TPSA) is 159 Å². The fourth-order valence-electron chi connectivity index (χ4n) is 4.57. The van der Waals surface area contributed by atoms with Crippen molar-refractivity contribution in [2.75, 3.05) is 39.4 Å². The van der Waals surface area contributed by atoms with E-state index in [1.807, 2.05) is 42.5 Å². The molecule has 1 aliphatic heterocycles. The second-order valence-electron chi connectivity index (χ2n) is 11.1. The van der Waals surface area contributed by atoms with Gasteiger partial charge in [-0.3, -0.25) is 14.3 Å². The van der Waals surface area contributed by atoms with Crippen LogP contribution in [0.3, 0.4) is 0 Å². The van der Waals surface area contributed by atoms with Crippen LogP contribution in [0.25, 0.3) is 22.2 Å². The highest BCUT2D eigenvalue weighted by molar-refractivity contribution is 5.82. The molecule has 2 heterocycles. The van der Waals surface area contributed by atoms with Gasteiger partial charge in [0.15, 0.2) is 5.58 Å². The quantitative estimate of drug-likeness (QED) is 0.327. The number of nitriles is 1. The van der Waals surface area contributed by atoms with E-state index in [4.69, 9.17) is 13.9 Å². The minimum Gasteiger partial charge on any atom is -0.444 e. The van der Waals surface area contributed by atoms with Crippen LogP contribution in [-0.4, -0.2) is 83.7 Å². The molecule has 1 aliphatic rings. The molecular formula is C30H37N5O7. The molecule has 0 spiro atoms. The molecule has 0 aliphatic carbocycles. The third-order valence-electron chi connectivity index (χ3n) is 6.75. The third-order valence-corrected chi connectivity index (χ3v) is 6.75. The fourth-order valence-corrected chi connectivity index (χ4v) is 4.57. The maximum atomic E-state index is 12.5. The summed E-state index contributed by atoms with van der Waals surface area (Å²) >= 11 is 0. The highest BCUT2D eigenvalue weighted by Gasteiger charge is 2.22. The second kappa shape index (κ2) is 13.7. The van der Waals surface area contributed by atoms with Gasteiger partial charge >= 0.3 is 11.8 Å². The minimum atomic E-state index is -1.54. The van der Waals surface area contributed by atoms with Gasteiger partial charge in [0.05, 0.1) is 31.3 Å². The summed E-state index contributed by atoms with van der Waals surface area (Å²) in [5.74, 6) is -1.16. The SMILES string of the molecule is CC(C)(C)OC(=O)NC[C@H](O)C(=O)N[C@H](C#N)Cc1ccc(-c2ccc3oc(=O)n(CCN4CCOCC4)c3c2)cc1. The predicted octanol–water partition coefficient (Wildman–Crippen LogP) is 2.03. The number of alkyl carbamates (subject to hydrolysis) is 1. The number of rotatable bonds is 10. The molecule has 1 aromatic heterocycles. The molecule has 3 aromatic rings. The van der Waals surface area contributed by atoms with E-state index in [1.165, 1.54) is 0 Å². The number of carbonyl (C=O) groups excluding carboxylic acids is 2. The van der Waals surface area contributed by atoms with Gasteiger partial charge in [-0.25, -0.2) is 9.59 Å². The summed E-state index contributed by atoms with van der Waals surface area (Å²) < 4.78 is 17.6. The number of aromatic nitrogens is 1. The Morgan fingerprint density at radius 3 is 2.45 bits per heavy atom. The van der Waals surface area contributed by atoms with Crippen molar-refractivity contribution < 1.29 is 28.6 Å². The molecule has 2 aromatic carbocycles. The Morgan fingerprint density at radius 1 is 1.10 bits per heavy atom. The first-order chi connectivity index (χ1) is 20.0. The average molecular weight is 580 g/mol. The van der Waals surface area contributed by atoms with E-state index in [1.54, 1.807) is 31.4 Å². The zero-order valence-electron chi connectivity index (χ0n) is 24.1. The Labute approximate surface area is 243 Å². The number of fused-ring (bicyclic) bond motifs is 1. The maximum Gasteiger partial charge on any atom is 0.419 e. The van der Waals surface area contributed by atoms with E-state index >= 15 is 0 Å². The Kier molecular flexibility index (Phi) is 10.0. The van der Waals surface area contributed by atoms with Crippen LogP contribution >= 0.6 is 0 Å². The Bertz CT molecular complexity index is 1480. The molecule has 2 amide bonds. The van der Waals surface area contributed by atoms with Crippen LogP contribution in [0.2, 0.25) is 0 Å². The third kappa shape index (κ3) is 8.42. The van der Waals surface area contributed by atoms with E-state index in [0.717, 1.165) is 41.8 Å². The summed E-state index contributed by atoms with van der Waals surface area (Å²) in [7, 11) is 0. The number of nitrogens with one attached hydrogen (secondary N) is 2. The fraction of sp³-hybridized carbons (Fsp3) is 0.467. The van der Waals surface area contributed by atoms with Crippen molar-refractivity contribution >= 4 is 23.1 Å². The number of morpholine rings is 1. The summed E-state index contributed by atoms with van der Waals surface area (Å²) in [6, 6.07) is 14.3. The smallest absolute Gasteiger partial charge is 0.419 e. The van der Waals surface area contributed by atoms with Crippen molar-refractivity contribution in [1.82, 2.24) is 20.1 Å². The summed E-state index contributed by atoms with van der Waals surface area (Å²) in [6.45, 7) is 9.05. The Morgan fingerprint density at radius 2 is 1.79 bits per heavy atom. The molecule has 42 heavy (non-hydrogen) atoms. The van der Waals surface area contributed by atoms with Crippen molar-refractivity contribution in [2.45, 2.75) is 51.5 Å². The van der Waals surface area contributed by atoms with Gasteiger partial charge in [0.1, 0.15) is 17.7 Å². The second-order valence-corrected chi connectivity index (χ2v) is 11.1. The number of aliphatic hydroxyl groups excluding tert-OH is 1. The van der Waals surface area contributed by atoms with Crippen LogP contribution in [0.1, 0.15) is 26.3 Å². The Balaban J connectivity index is 1.36. The van der Waals surface area contributed by atoms with E-state index in [-0.39, 0.29) is 18.7 Å². The highest BCUT2D eigenvalue weighted by atomic mass is 16.6. The van der Waals surface area contributed by atoms with E-state index in [0.29, 0.717) is 25.3 Å². The summed E-state index contributed by atoms with van der Waals surface area (Å²) in [5.41, 5.74) is 3.16. The van der Waals surface area contributed by atoms with Crippen LogP contribution < -0.4 is 16.4 Å². The molecule has 12 nitrogen and oxygen atoms in total. The number of carbonyl (C=O) groups is 2. The molecule has 0 saturated carbocycles. The first-order valence-electron chi connectivity index (χ1n) is 13.9. The van der Waals surface area contributed by atoms with Crippen LogP contribution in [0.5, 0.6) is 0 Å². The standard InChI is InChI=1S/C30H37N5O7/c1-30(2,3)42-28(38)32-19-25(36)27(37)33-23(18-31)16-20-4-6-21(7-5-20)22-8-9-26-24(17-22)35(29(39)41-26)11-10-34-12-14-40-15-13-34/h4-9,17,23,25,36H,10-16,19H2,1-3H3,(H,32,38)(H,33,37)/t23-,25-/m0/s1. The van der Waals surface area contributed by atoms with Gasteiger partial charge in [0.2, 0.25) is 0 Å². The first-order valence-corrected chi connectivity index (χ1v) is 13.9. The van der Waals surface area contributed by atoms with Gasteiger partial charge in [-0.05, 0) is 49.6 Å². The van der Waals surface area contributed by atoms with Gasteiger partial charge in [-0.2, -0.15) is 5.26 Å². The lowest BCUT2D eigenvalue weighted by atomic mass is 10.0. The van der Waals surface area contributed by atoms with Gasteiger partial charge in [-0.1, -0.05) is 30.3 Å². The van der Waals surface area contributed by atoms with Gasteiger partial charge < -0.3 is 29.6 Å². The van der Waals surface area contributed by atoms with E-state index in [2.05, 4.69) is 15.5 Å². The molecule has 0 unspecified atom stereocenters. The zero-order valence-corrected chi connectivity index (χ0v) is 24.1. The summed E-state index contributed by atoms with van der Waals surface area (Å²) in [6.07, 6.45) is -2.08. The van der Waals surface area contributed by atoms with Crippen molar-refractivity contribution in [2.24, 2.45) is 0 Å². The number of benzene rings is 2. The molecule has 0 radical (unpaired) electrons. The monoisotopic (exact) mass is 579 g/mol. The number of oxazole rings is 1. The van der Waals surface area contributed by atoms with Crippen LogP contribution in [-0.2, 0) is 27.2 Å². The van der Waals surface area contributed by atoms with Gasteiger partial charge in [-0.15, -0.1) is 0 Å². The summed E-state index contributed by atoms with van der Waals surface area (Å²) in [5, 5.41) is 24.5. The molecular weight excluding hydrogens is 542 g/mol. The van der Waals surface area contributed by atoms with E-state index in [9.17, 15) is 24.8 Å².